The van der Waals surface area contributed by atoms with E-state index in [-0.39, 0.29) is 18.1 Å². The average Bonchev–Trinajstić information content (AvgIpc) is 3.45. The standard InChI is InChI=1S/C36H56Cl3NO8SSi/c1-11-50(12-2,13-3)48-30(20-31(42)43)35(9,10)33(44)26(7)32(47-34(45)46-22-36(37,38)39)24(5)16-14-15-23(4)17-18-29(41)25(6)19-28-21-49-27(8)40-28/h14-15,17,19,21,24,26,29-30,32,41H,11-13,16,18,20,22H2,1-10H3,(H,42,43)/b15-14+,23-17+,25-19+. The highest BCUT2D eigenvalue weighted by Gasteiger charge is 2.47. The van der Waals surface area contributed by atoms with Crippen LogP contribution in [0.4, 0.5) is 4.79 Å². The van der Waals surface area contributed by atoms with Gasteiger partial charge >= 0.3 is 12.1 Å². The van der Waals surface area contributed by atoms with Gasteiger partial charge in [-0.25, -0.2) is 9.78 Å². The van der Waals surface area contributed by atoms with Crippen LogP contribution in [0.25, 0.3) is 6.08 Å². The highest BCUT2D eigenvalue weighted by Crippen LogP contribution is 2.38. The first kappa shape index (κ1) is 46.3. The lowest BCUT2D eigenvalue weighted by Gasteiger charge is -2.42. The number of alkyl halides is 3. The van der Waals surface area contributed by atoms with Gasteiger partial charge in [-0.15, -0.1) is 11.3 Å². The summed E-state index contributed by atoms with van der Waals surface area (Å²) in [5.41, 5.74) is 1.33. The number of hydrogen-bond donors (Lipinski definition) is 2. The highest BCUT2D eigenvalue weighted by molar-refractivity contribution is 7.09. The van der Waals surface area contributed by atoms with Crippen LogP contribution in [0.15, 0.2) is 34.8 Å². The van der Waals surface area contributed by atoms with E-state index in [1.54, 1.807) is 32.1 Å². The molecule has 0 amide bonds. The Morgan fingerprint density at radius 3 is 2.16 bits per heavy atom. The zero-order chi connectivity index (χ0) is 38.4. The van der Waals surface area contributed by atoms with Crippen molar-refractivity contribution >= 4 is 78.4 Å². The minimum Gasteiger partial charge on any atom is -0.481 e. The minimum absolute atomic E-state index is 0.300. The van der Waals surface area contributed by atoms with Gasteiger partial charge in [-0.1, -0.05) is 107 Å². The molecule has 1 aromatic heterocycles. The van der Waals surface area contributed by atoms with E-state index in [2.05, 4.69) is 4.98 Å². The van der Waals surface area contributed by atoms with Crippen LogP contribution in [0.1, 0.15) is 92.3 Å². The van der Waals surface area contributed by atoms with Crippen molar-refractivity contribution in [1.82, 2.24) is 4.98 Å². The molecule has 284 valence electrons. The summed E-state index contributed by atoms with van der Waals surface area (Å²) in [5.74, 6) is -2.60. The van der Waals surface area contributed by atoms with E-state index < -0.39 is 60.5 Å². The molecule has 50 heavy (non-hydrogen) atoms. The Morgan fingerprint density at radius 1 is 1.06 bits per heavy atom. The number of carboxylic acids is 1. The number of aryl methyl sites for hydroxylation is 1. The molecule has 0 fully saturated rings. The normalized spacial score (nSPS) is 16.5. The molecule has 0 aliphatic rings. The Balaban J connectivity index is 3.24. The maximum Gasteiger partial charge on any atom is 0.508 e. The predicted octanol–water partition coefficient (Wildman–Crippen LogP) is 10.1. The second-order valence-corrected chi connectivity index (χ2v) is 21.9. The number of rotatable bonds is 21. The topological polar surface area (TPSA) is 132 Å². The molecule has 9 nitrogen and oxygen atoms in total. The van der Waals surface area contributed by atoms with Crippen LogP contribution in [0.2, 0.25) is 18.1 Å². The molecule has 0 aliphatic heterocycles. The fraction of sp³-hybridized carbons (Fsp3) is 0.667. The molecule has 1 heterocycles. The number of carboxylic acid groups (broad SMARTS) is 1. The monoisotopic (exact) mass is 795 g/mol. The van der Waals surface area contributed by atoms with Gasteiger partial charge in [0, 0.05) is 10.8 Å². The zero-order valence-corrected chi connectivity index (χ0v) is 35.1. The van der Waals surface area contributed by atoms with Crippen molar-refractivity contribution < 1.29 is 38.5 Å². The summed E-state index contributed by atoms with van der Waals surface area (Å²) in [5, 5.41) is 23.4. The second kappa shape index (κ2) is 21.1. The molecular formula is C36H56Cl3NO8SSi. The van der Waals surface area contributed by atoms with Gasteiger partial charge in [0.05, 0.1) is 35.2 Å². The lowest BCUT2D eigenvalue weighted by molar-refractivity contribution is -0.146. The Hall–Kier alpha value is -1.73. The maximum absolute atomic E-state index is 14.3. The number of carbonyl (C=O) groups is 3. The molecule has 5 unspecified atom stereocenters. The molecule has 0 saturated heterocycles. The molecule has 2 N–H and O–H groups in total. The second-order valence-electron chi connectivity index (χ2n) is 13.6. The van der Waals surface area contributed by atoms with E-state index in [1.807, 2.05) is 78.2 Å². The van der Waals surface area contributed by atoms with Crippen LogP contribution in [0.3, 0.4) is 0 Å². The van der Waals surface area contributed by atoms with Crippen LogP contribution >= 0.6 is 46.1 Å². The van der Waals surface area contributed by atoms with E-state index in [4.69, 9.17) is 48.7 Å². The summed E-state index contributed by atoms with van der Waals surface area (Å²) < 4.78 is 15.5. The number of aliphatic carboxylic acids is 1. The van der Waals surface area contributed by atoms with E-state index in [0.29, 0.717) is 12.8 Å². The fourth-order valence-corrected chi connectivity index (χ4v) is 9.44. The third-order valence-electron chi connectivity index (χ3n) is 9.27. The van der Waals surface area contributed by atoms with Gasteiger partial charge in [0.1, 0.15) is 18.5 Å². The molecule has 0 aromatic carbocycles. The van der Waals surface area contributed by atoms with Gasteiger partial charge in [0.2, 0.25) is 3.79 Å². The van der Waals surface area contributed by atoms with Crippen LogP contribution < -0.4 is 0 Å². The predicted molar refractivity (Wildman–Crippen MR) is 207 cm³/mol. The first-order valence-electron chi connectivity index (χ1n) is 17.1. The van der Waals surface area contributed by atoms with Crippen molar-refractivity contribution in [1.29, 1.82) is 0 Å². The number of aromatic nitrogens is 1. The van der Waals surface area contributed by atoms with Crippen molar-refractivity contribution in [3.8, 4) is 0 Å². The molecule has 1 rings (SSSR count). The van der Waals surface area contributed by atoms with Crippen molar-refractivity contribution in [2.24, 2.45) is 17.3 Å². The number of aliphatic hydroxyl groups excluding tert-OH is 1. The number of carbonyl (C=O) groups excluding carboxylic acids is 2. The van der Waals surface area contributed by atoms with Crippen LogP contribution in [0.5, 0.6) is 0 Å². The molecule has 14 heteroatoms. The number of ether oxygens (including phenoxy) is 2. The van der Waals surface area contributed by atoms with Crippen molar-refractivity contribution in [2.45, 2.75) is 129 Å². The van der Waals surface area contributed by atoms with Crippen molar-refractivity contribution in [3.63, 3.8) is 0 Å². The number of allylic oxidation sites excluding steroid dienone is 3. The lowest BCUT2D eigenvalue weighted by Crippen LogP contribution is -2.51. The largest absolute Gasteiger partial charge is 0.508 e. The summed E-state index contributed by atoms with van der Waals surface area (Å²) >= 11 is 18.8. The Labute approximate surface area is 318 Å². The van der Waals surface area contributed by atoms with Gasteiger partial charge in [-0.2, -0.15) is 0 Å². The first-order valence-corrected chi connectivity index (χ1v) is 21.6. The highest BCUT2D eigenvalue weighted by atomic mass is 35.6. The molecule has 0 spiro atoms. The maximum atomic E-state index is 14.3. The summed E-state index contributed by atoms with van der Waals surface area (Å²) in [6.07, 6.45) is 4.53. The number of thiazole rings is 1. The molecule has 5 atom stereocenters. The van der Waals surface area contributed by atoms with Gasteiger partial charge in [0.15, 0.2) is 8.32 Å². The van der Waals surface area contributed by atoms with Crippen LogP contribution in [-0.4, -0.2) is 70.1 Å². The van der Waals surface area contributed by atoms with Crippen molar-refractivity contribution in [2.75, 3.05) is 6.61 Å². The summed E-state index contributed by atoms with van der Waals surface area (Å²) in [6, 6.07) is 2.36. The van der Waals surface area contributed by atoms with E-state index in [0.717, 1.165) is 40.0 Å². The Morgan fingerprint density at radius 2 is 1.66 bits per heavy atom. The van der Waals surface area contributed by atoms with Crippen LogP contribution in [-0.2, 0) is 23.5 Å². The van der Waals surface area contributed by atoms with Crippen LogP contribution in [0, 0.1) is 24.2 Å². The molecule has 0 radical (unpaired) electrons. The number of nitrogens with zero attached hydrogens (tertiary/aromatic N) is 1. The minimum atomic E-state index is -2.30. The number of aliphatic hydroxyl groups is 1. The number of hydrogen-bond acceptors (Lipinski definition) is 9. The third kappa shape index (κ3) is 15.5. The van der Waals surface area contributed by atoms with E-state index >= 15 is 0 Å². The van der Waals surface area contributed by atoms with Gasteiger partial charge in [-0.3, -0.25) is 9.59 Å². The molecule has 1 aromatic rings. The Bertz CT molecular complexity index is 1340. The lowest BCUT2D eigenvalue weighted by atomic mass is 9.73. The zero-order valence-electron chi connectivity index (χ0n) is 31.1. The van der Waals surface area contributed by atoms with Crippen molar-refractivity contribution in [3.05, 3.63) is 45.5 Å². The van der Waals surface area contributed by atoms with E-state index in [1.165, 1.54) is 0 Å². The molecule has 0 saturated carbocycles. The molecule has 0 aliphatic carbocycles. The summed E-state index contributed by atoms with van der Waals surface area (Å²) in [6.45, 7) is 18.2. The van der Waals surface area contributed by atoms with Gasteiger partial charge in [-0.05, 0) is 69.3 Å². The third-order valence-corrected chi connectivity index (χ3v) is 15.0. The Kier molecular flexibility index (Phi) is 19.5. The number of ketones is 1. The van der Waals surface area contributed by atoms with Gasteiger partial charge < -0.3 is 24.1 Å². The average molecular weight is 797 g/mol. The fourth-order valence-electron chi connectivity index (χ4n) is 5.73. The molecular weight excluding hydrogens is 741 g/mol. The number of Topliss-reactive ketones (excluding diaryl/α,β-unsaturated/α-hetero) is 1. The SMILES string of the molecule is CC[Si](CC)(CC)OC(CC(=O)O)C(C)(C)C(=O)C(C)C(OC(=O)OCC(Cl)(Cl)Cl)C(C)C/C=C/C(C)=C/CC(O)/C(C)=C/c1csc(C)n1. The molecule has 0 bridgehead atoms. The smallest absolute Gasteiger partial charge is 0.481 e. The summed E-state index contributed by atoms with van der Waals surface area (Å²) in [4.78, 5) is 43.5. The first-order chi connectivity index (χ1) is 23.1. The number of halogens is 3. The van der Waals surface area contributed by atoms with Gasteiger partial charge in [0.25, 0.3) is 0 Å². The quantitative estimate of drug-likeness (QED) is 0.0540. The summed E-state index contributed by atoms with van der Waals surface area (Å²) in [7, 11) is -2.30. The van der Waals surface area contributed by atoms with E-state index in [9.17, 15) is 24.6 Å².